The number of benzene rings is 3. The van der Waals surface area contributed by atoms with E-state index in [0.29, 0.717) is 18.7 Å². The molecular weight excluding hydrogens is 428 g/mol. The van der Waals surface area contributed by atoms with Gasteiger partial charge in [-0.05, 0) is 48.4 Å². The number of phenols is 1. The third-order valence-corrected chi connectivity index (χ3v) is 7.63. The van der Waals surface area contributed by atoms with E-state index in [4.69, 9.17) is 4.74 Å². The lowest BCUT2D eigenvalue weighted by atomic mass is 9.66. The van der Waals surface area contributed by atoms with E-state index in [0.717, 1.165) is 47.7 Å². The van der Waals surface area contributed by atoms with Crippen LogP contribution in [0.1, 0.15) is 43.7 Å². The highest BCUT2D eigenvalue weighted by Gasteiger charge is 2.49. The van der Waals surface area contributed by atoms with Crippen molar-refractivity contribution in [1.29, 1.82) is 0 Å². The molecule has 1 amide bonds. The van der Waals surface area contributed by atoms with Crippen LogP contribution in [-0.4, -0.2) is 46.8 Å². The number of nitrogens with zero attached hydrogens (tertiary/aromatic N) is 1. The zero-order valence-corrected chi connectivity index (χ0v) is 19.5. The zero-order chi connectivity index (χ0) is 23.7. The Morgan fingerprint density at radius 1 is 1.12 bits per heavy atom. The van der Waals surface area contributed by atoms with E-state index in [2.05, 4.69) is 10.2 Å². The van der Waals surface area contributed by atoms with Gasteiger partial charge in [0.1, 0.15) is 0 Å². The molecule has 1 heterocycles. The summed E-state index contributed by atoms with van der Waals surface area (Å²) in [6.45, 7) is 0.855. The third-order valence-electron chi connectivity index (χ3n) is 7.63. The molecule has 2 fully saturated rings. The van der Waals surface area contributed by atoms with E-state index < -0.39 is 5.60 Å². The van der Waals surface area contributed by atoms with Gasteiger partial charge in [0, 0.05) is 29.6 Å². The number of nitrogens with one attached hydrogen (secondary N) is 1. The number of ether oxygens (including phenoxy) is 1. The number of methoxy groups -OCH3 is 1. The minimum Gasteiger partial charge on any atom is -0.504 e. The highest BCUT2D eigenvalue weighted by Crippen LogP contribution is 2.50. The first-order chi connectivity index (χ1) is 16.5. The van der Waals surface area contributed by atoms with Crippen LogP contribution in [0.25, 0.3) is 10.8 Å². The Hall–Kier alpha value is -3.09. The monoisotopic (exact) mass is 460 g/mol. The quantitative estimate of drug-likeness (QED) is 0.507. The summed E-state index contributed by atoms with van der Waals surface area (Å²) in [6.07, 6.45) is 4.45. The fraction of sp³-hybridized carbons (Fsp3) is 0.393. The molecule has 0 radical (unpaired) electrons. The first-order valence-electron chi connectivity index (χ1n) is 12.1. The number of rotatable bonds is 5. The number of likely N-dealkylation sites (tertiary alicyclic amines) is 1. The second kappa shape index (κ2) is 9.28. The van der Waals surface area contributed by atoms with Gasteiger partial charge in [-0.25, -0.2) is 0 Å². The van der Waals surface area contributed by atoms with E-state index in [-0.39, 0.29) is 30.2 Å². The van der Waals surface area contributed by atoms with Gasteiger partial charge in [-0.2, -0.15) is 0 Å². The first-order valence-corrected chi connectivity index (χ1v) is 12.1. The Morgan fingerprint density at radius 3 is 2.79 bits per heavy atom. The molecule has 1 saturated heterocycles. The van der Waals surface area contributed by atoms with Crippen molar-refractivity contribution in [2.45, 2.75) is 43.7 Å². The van der Waals surface area contributed by atoms with Gasteiger partial charge in [0.05, 0.1) is 19.3 Å². The topological polar surface area (TPSA) is 82.0 Å². The maximum Gasteiger partial charge on any atom is 0.238 e. The first kappa shape index (κ1) is 22.7. The summed E-state index contributed by atoms with van der Waals surface area (Å²) >= 11 is 0. The maximum absolute atomic E-state index is 13.2. The molecule has 6 heteroatoms. The van der Waals surface area contributed by atoms with Crippen LogP contribution in [-0.2, 0) is 4.79 Å². The lowest BCUT2D eigenvalue weighted by Gasteiger charge is -2.52. The molecule has 0 spiro atoms. The highest BCUT2D eigenvalue weighted by atomic mass is 16.5. The van der Waals surface area contributed by atoms with E-state index >= 15 is 0 Å². The van der Waals surface area contributed by atoms with Gasteiger partial charge >= 0.3 is 0 Å². The smallest absolute Gasteiger partial charge is 0.238 e. The van der Waals surface area contributed by atoms with Crippen LogP contribution in [0, 0.1) is 5.92 Å². The van der Waals surface area contributed by atoms with Crippen molar-refractivity contribution in [3.05, 3.63) is 66.2 Å². The number of amides is 1. The molecule has 3 N–H and O–H groups in total. The van der Waals surface area contributed by atoms with Crippen LogP contribution < -0.4 is 10.1 Å². The van der Waals surface area contributed by atoms with E-state index in [1.54, 1.807) is 6.07 Å². The molecule has 1 aliphatic heterocycles. The summed E-state index contributed by atoms with van der Waals surface area (Å²) in [4.78, 5) is 15.4. The summed E-state index contributed by atoms with van der Waals surface area (Å²) in [5, 5.41) is 26.8. The lowest BCUT2D eigenvalue weighted by Crippen LogP contribution is -2.56. The van der Waals surface area contributed by atoms with Gasteiger partial charge < -0.3 is 20.3 Å². The molecule has 3 aromatic rings. The van der Waals surface area contributed by atoms with Crippen molar-refractivity contribution in [1.82, 2.24) is 4.90 Å². The number of fused-ring (bicyclic) bond motifs is 2. The highest BCUT2D eigenvalue weighted by molar-refractivity contribution is 6.02. The standard InChI is InChI=1S/C28H32N2O4/c1-34-25-17-20(12-13-24(25)31)27-22-10-4-5-14-28(22,33)15-16-30(27)18-26(32)29-23-11-6-8-19-7-2-3-9-21(19)23/h2-3,6-9,11-13,17,22,27,31,33H,4-5,10,14-16,18H2,1H3,(H,29,32). The molecule has 3 unspecified atom stereocenters. The molecule has 3 aromatic carbocycles. The van der Waals surface area contributed by atoms with Crippen LogP contribution >= 0.6 is 0 Å². The van der Waals surface area contributed by atoms with Crippen molar-refractivity contribution >= 4 is 22.4 Å². The van der Waals surface area contributed by atoms with Gasteiger partial charge in [-0.1, -0.05) is 55.3 Å². The average molecular weight is 461 g/mol. The number of carbonyl (C=O) groups is 1. The van der Waals surface area contributed by atoms with Crippen molar-refractivity contribution < 1.29 is 19.7 Å². The second-order valence-corrected chi connectivity index (χ2v) is 9.63. The Kier molecular flexibility index (Phi) is 6.19. The fourth-order valence-corrected chi connectivity index (χ4v) is 5.95. The summed E-state index contributed by atoms with van der Waals surface area (Å²) in [5.74, 6) is 0.437. The van der Waals surface area contributed by atoms with Crippen LogP contribution in [0.5, 0.6) is 11.5 Å². The minimum atomic E-state index is -0.726. The number of carbonyl (C=O) groups excluding carboxylic acids is 1. The Morgan fingerprint density at radius 2 is 1.94 bits per heavy atom. The van der Waals surface area contributed by atoms with Gasteiger partial charge in [0.2, 0.25) is 5.91 Å². The molecule has 5 rings (SSSR count). The Labute approximate surface area is 200 Å². The largest absolute Gasteiger partial charge is 0.504 e. The predicted molar refractivity (Wildman–Crippen MR) is 133 cm³/mol. The minimum absolute atomic E-state index is 0.0228. The average Bonchev–Trinajstić information content (AvgIpc) is 2.85. The SMILES string of the molecule is COc1cc(C2C3CCCCC3(O)CCN2CC(=O)Nc2cccc3ccccc23)ccc1O. The van der Waals surface area contributed by atoms with Crippen LogP contribution in [0.4, 0.5) is 5.69 Å². The molecule has 34 heavy (non-hydrogen) atoms. The molecule has 3 atom stereocenters. The van der Waals surface area contributed by atoms with E-state index in [9.17, 15) is 15.0 Å². The zero-order valence-electron chi connectivity index (χ0n) is 19.5. The van der Waals surface area contributed by atoms with Gasteiger partial charge in [0.15, 0.2) is 11.5 Å². The predicted octanol–water partition coefficient (Wildman–Crippen LogP) is 4.86. The van der Waals surface area contributed by atoms with Crippen molar-refractivity contribution in [2.24, 2.45) is 5.92 Å². The number of piperidine rings is 1. The lowest BCUT2D eigenvalue weighted by molar-refractivity contribution is -0.135. The molecule has 0 aromatic heterocycles. The fourth-order valence-electron chi connectivity index (χ4n) is 5.95. The molecule has 1 aliphatic carbocycles. The summed E-state index contributed by atoms with van der Waals surface area (Å²) in [5.41, 5.74) is 1.03. The van der Waals surface area contributed by atoms with E-state index in [1.807, 2.05) is 54.6 Å². The van der Waals surface area contributed by atoms with Crippen molar-refractivity contribution in [3.8, 4) is 11.5 Å². The second-order valence-electron chi connectivity index (χ2n) is 9.63. The van der Waals surface area contributed by atoms with Gasteiger partial charge in [-0.3, -0.25) is 9.69 Å². The number of hydrogen-bond donors (Lipinski definition) is 3. The molecule has 1 saturated carbocycles. The number of phenolic OH excluding ortho intramolecular Hbond substituents is 1. The van der Waals surface area contributed by atoms with Crippen molar-refractivity contribution in [3.63, 3.8) is 0 Å². The van der Waals surface area contributed by atoms with Crippen LogP contribution in [0.3, 0.4) is 0 Å². The Bertz CT molecular complexity index is 1190. The molecule has 2 aliphatic rings. The normalized spacial score (nSPS) is 25.0. The number of aromatic hydroxyl groups is 1. The van der Waals surface area contributed by atoms with Crippen LogP contribution in [0.2, 0.25) is 0 Å². The summed E-state index contributed by atoms with van der Waals surface area (Å²) < 4.78 is 5.36. The van der Waals surface area contributed by atoms with Gasteiger partial charge in [0.25, 0.3) is 0 Å². The number of hydrogen-bond acceptors (Lipinski definition) is 5. The Balaban J connectivity index is 1.43. The maximum atomic E-state index is 13.2. The molecule has 0 bridgehead atoms. The van der Waals surface area contributed by atoms with E-state index in [1.165, 1.54) is 7.11 Å². The van der Waals surface area contributed by atoms with Crippen LogP contribution in [0.15, 0.2) is 60.7 Å². The molecular formula is C28H32N2O4. The molecule has 178 valence electrons. The summed E-state index contributed by atoms with van der Waals surface area (Å²) in [6, 6.07) is 19.2. The van der Waals surface area contributed by atoms with Gasteiger partial charge in [-0.15, -0.1) is 0 Å². The summed E-state index contributed by atoms with van der Waals surface area (Å²) in [7, 11) is 1.53. The number of anilines is 1. The van der Waals surface area contributed by atoms with Crippen molar-refractivity contribution in [2.75, 3.05) is 25.5 Å². The molecule has 6 nitrogen and oxygen atoms in total. The number of aliphatic hydroxyl groups is 1. The third kappa shape index (κ3) is 4.24.